The van der Waals surface area contributed by atoms with Crippen LogP contribution in [-0.4, -0.2) is 24.8 Å². The van der Waals surface area contributed by atoms with E-state index in [0.717, 1.165) is 42.7 Å². The smallest absolute Gasteiger partial charge is 0.231 e. The zero-order valence-electron chi connectivity index (χ0n) is 15.7. The maximum Gasteiger partial charge on any atom is 0.231 e. The lowest BCUT2D eigenvalue weighted by Crippen LogP contribution is -2.51. The van der Waals surface area contributed by atoms with Crippen molar-refractivity contribution < 1.29 is 13.9 Å². The maximum atomic E-state index is 13.6. The van der Waals surface area contributed by atoms with Gasteiger partial charge in [0.2, 0.25) is 6.79 Å². The fraction of sp³-hybridized carbons (Fsp3) is 0.381. The number of ether oxygens (including phenoxy) is 2. The molecular formula is C21H25FN4O2. The number of nitrogens with one attached hydrogen (secondary N) is 2. The van der Waals surface area contributed by atoms with E-state index in [2.05, 4.69) is 10.6 Å². The largest absolute Gasteiger partial charge is 0.454 e. The highest BCUT2D eigenvalue weighted by atomic mass is 19.1. The van der Waals surface area contributed by atoms with Crippen LogP contribution in [0.4, 0.5) is 10.1 Å². The van der Waals surface area contributed by atoms with E-state index >= 15 is 0 Å². The van der Waals surface area contributed by atoms with Gasteiger partial charge in [0.15, 0.2) is 17.5 Å². The molecule has 1 saturated carbocycles. The van der Waals surface area contributed by atoms with Crippen LogP contribution in [0.3, 0.4) is 0 Å². The molecule has 0 radical (unpaired) electrons. The molecule has 0 saturated heterocycles. The van der Waals surface area contributed by atoms with E-state index in [9.17, 15) is 4.39 Å². The van der Waals surface area contributed by atoms with Crippen molar-refractivity contribution in [2.75, 3.05) is 12.1 Å². The molecule has 148 valence electrons. The average molecular weight is 384 g/mol. The van der Waals surface area contributed by atoms with E-state index in [1.807, 2.05) is 24.3 Å². The summed E-state index contributed by atoms with van der Waals surface area (Å²) < 4.78 is 24.3. The van der Waals surface area contributed by atoms with Crippen molar-refractivity contribution in [3.8, 4) is 11.5 Å². The molecule has 0 aromatic heterocycles. The predicted molar refractivity (Wildman–Crippen MR) is 107 cm³/mol. The molecule has 4 N–H and O–H groups in total. The first-order valence-electron chi connectivity index (χ1n) is 9.65. The van der Waals surface area contributed by atoms with E-state index in [1.165, 1.54) is 12.1 Å². The number of rotatable bonds is 4. The fourth-order valence-corrected chi connectivity index (χ4v) is 3.55. The summed E-state index contributed by atoms with van der Waals surface area (Å²) in [5, 5.41) is 6.63. The summed E-state index contributed by atoms with van der Waals surface area (Å²) >= 11 is 0. The Morgan fingerprint density at radius 2 is 1.96 bits per heavy atom. The van der Waals surface area contributed by atoms with Crippen LogP contribution in [0.2, 0.25) is 0 Å². The number of hydrogen-bond donors (Lipinski definition) is 3. The van der Waals surface area contributed by atoms with Crippen LogP contribution in [0.5, 0.6) is 11.5 Å². The Labute approximate surface area is 163 Å². The van der Waals surface area contributed by atoms with Crippen LogP contribution < -0.4 is 25.8 Å². The number of aliphatic imine (C=N–C) groups is 1. The topological polar surface area (TPSA) is 80.9 Å². The Hall–Kier alpha value is -2.80. The molecule has 0 amide bonds. The maximum absolute atomic E-state index is 13.6. The molecule has 1 aliphatic heterocycles. The third kappa shape index (κ3) is 4.54. The summed E-state index contributed by atoms with van der Waals surface area (Å²) in [5.41, 5.74) is 7.92. The van der Waals surface area contributed by atoms with Gasteiger partial charge in [0.05, 0.1) is 6.54 Å². The number of fused-ring (bicyclic) bond motifs is 1. The average Bonchev–Trinajstić information content (AvgIpc) is 3.16. The van der Waals surface area contributed by atoms with E-state index in [4.69, 9.17) is 20.2 Å². The molecule has 0 bridgehead atoms. The molecule has 1 aliphatic carbocycles. The second-order valence-electron chi connectivity index (χ2n) is 7.19. The normalized spacial score (nSPS) is 21.4. The Bertz CT molecular complexity index is 858. The molecule has 2 atom stereocenters. The number of benzene rings is 2. The van der Waals surface area contributed by atoms with Gasteiger partial charge < -0.3 is 25.8 Å². The zero-order valence-corrected chi connectivity index (χ0v) is 15.7. The minimum absolute atomic E-state index is 0.0822. The predicted octanol–water partition coefficient (Wildman–Crippen LogP) is 3.38. The third-order valence-electron chi connectivity index (χ3n) is 5.09. The summed E-state index contributed by atoms with van der Waals surface area (Å²) in [5.74, 6) is 1.77. The molecule has 2 aliphatic rings. The minimum Gasteiger partial charge on any atom is -0.454 e. The van der Waals surface area contributed by atoms with E-state index in [0.29, 0.717) is 18.2 Å². The SMILES string of the molecule is N[C@H]1CCCC[C@@H]1NC(=NCc1ccc2c(c1)OCO2)Nc1cccc(F)c1. The molecular weight excluding hydrogens is 359 g/mol. The standard InChI is InChI=1S/C21H25FN4O2/c22-15-4-3-5-16(11-15)25-21(26-18-7-2-1-6-17(18)23)24-12-14-8-9-19-20(10-14)28-13-27-19/h3-5,8-11,17-18H,1-2,6-7,12-13,23H2,(H2,24,25,26)/t17-,18-/m0/s1. The second kappa shape index (κ2) is 8.48. The van der Waals surface area contributed by atoms with Crippen LogP contribution in [0.1, 0.15) is 31.2 Å². The van der Waals surface area contributed by atoms with Crippen molar-refractivity contribution in [1.82, 2.24) is 5.32 Å². The van der Waals surface area contributed by atoms with E-state index in [1.54, 1.807) is 6.07 Å². The van der Waals surface area contributed by atoms with Gasteiger partial charge in [-0.2, -0.15) is 0 Å². The number of anilines is 1. The summed E-state index contributed by atoms with van der Waals surface area (Å²) in [7, 11) is 0. The van der Waals surface area contributed by atoms with Crippen molar-refractivity contribution in [2.45, 2.75) is 44.3 Å². The van der Waals surface area contributed by atoms with Gasteiger partial charge in [-0.3, -0.25) is 0 Å². The number of nitrogens with two attached hydrogens (primary N) is 1. The lowest BCUT2D eigenvalue weighted by atomic mass is 9.91. The van der Waals surface area contributed by atoms with Crippen molar-refractivity contribution in [3.63, 3.8) is 0 Å². The van der Waals surface area contributed by atoms with Crippen LogP contribution in [-0.2, 0) is 6.54 Å². The molecule has 1 fully saturated rings. The quantitative estimate of drug-likeness (QED) is 0.556. The Morgan fingerprint density at radius 1 is 1.11 bits per heavy atom. The Morgan fingerprint density at radius 3 is 2.82 bits per heavy atom. The Balaban J connectivity index is 1.51. The number of halogens is 1. The Kier molecular flexibility index (Phi) is 5.62. The van der Waals surface area contributed by atoms with Crippen molar-refractivity contribution >= 4 is 11.6 Å². The first-order valence-corrected chi connectivity index (χ1v) is 9.65. The highest BCUT2D eigenvalue weighted by Gasteiger charge is 2.22. The minimum atomic E-state index is -0.297. The molecule has 0 spiro atoms. The third-order valence-corrected chi connectivity index (χ3v) is 5.09. The number of nitrogens with zero attached hydrogens (tertiary/aromatic N) is 1. The van der Waals surface area contributed by atoms with Crippen LogP contribution >= 0.6 is 0 Å². The highest BCUT2D eigenvalue weighted by molar-refractivity contribution is 5.93. The summed E-state index contributed by atoms with van der Waals surface area (Å²) in [6.45, 7) is 0.693. The lowest BCUT2D eigenvalue weighted by Gasteiger charge is -2.30. The summed E-state index contributed by atoms with van der Waals surface area (Å²) in [6, 6.07) is 12.3. The van der Waals surface area contributed by atoms with E-state index in [-0.39, 0.29) is 24.7 Å². The highest BCUT2D eigenvalue weighted by Crippen LogP contribution is 2.32. The van der Waals surface area contributed by atoms with Gasteiger partial charge in [-0.15, -0.1) is 0 Å². The fourth-order valence-electron chi connectivity index (χ4n) is 3.55. The lowest BCUT2D eigenvalue weighted by molar-refractivity contribution is 0.174. The molecule has 28 heavy (non-hydrogen) atoms. The first kappa shape index (κ1) is 18.6. The van der Waals surface area contributed by atoms with Gasteiger partial charge >= 0.3 is 0 Å². The molecule has 6 nitrogen and oxygen atoms in total. The van der Waals surface area contributed by atoms with Crippen molar-refractivity contribution in [3.05, 3.63) is 53.8 Å². The van der Waals surface area contributed by atoms with Gasteiger partial charge in [-0.25, -0.2) is 9.38 Å². The number of guanidine groups is 1. The van der Waals surface area contributed by atoms with Crippen molar-refractivity contribution in [2.24, 2.45) is 10.7 Å². The van der Waals surface area contributed by atoms with Crippen LogP contribution in [0.25, 0.3) is 0 Å². The van der Waals surface area contributed by atoms with Gasteiger partial charge in [0.1, 0.15) is 5.82 Å². The zero-order chi connectivity index (χ0) is 19.3. The van der Waals surface area contributed by atoms with Crippen molar-refractivity contribution in [1.29, 1.82) is 0 Å². The van der Waals surface area contributed by atoms with Crippen LogP contribution in [0.15, 0.2) is 47.5 Å². The van der Waals surface area contributed by atoms with Gasteiger partial charge in [0, 0.05) is 17.8 Å². The molecule has 4 rings (SSSR count). The molecule has 2 aromatic rings. The second-order valence-corrected chi connectivity index (χ2v) is 7.19. The summed E-state index contributed by atoms with van der Waals surface area (Å²) in [4.78, 5) is 4.69. The molecule has 2 aromatic carbocycles. The molecule has 7 heteroatoms. The van der Waals surface area contributed by atoms with E-state index < -0.39 is 0 Å². The first-order chi connectivity index (χ1) is 13.7. The van der Waals surface area contributed by atoms with Crippen LogP contribution in [0, 0.1) is 5.82 Å². The monoisotopic (exact) mass is 384 g/mol. The van der Waals surface area contributed by atoms with Gasteiger partial charge in [-0.05, 0) is 48.7 Å². The number of hydrogen-bond acceptors (Lipinski definition) is 4. The molecule has 0 unspecified atom stereocenters. The van der Waals surface area contributed by atoms with Gasteiger partial charge in [-0.1, -0.05) is 25.0 Å². The van der Waals surface area contributed by atoms with Gasteiger partial charge in [0.25, 0.3) is 0 Å². The molecule has 1 heterocycles. The summed E-state index contributed by atoms with van der Waals surface area (Å²) in [6.07, 6.45) is 4.28.